The minimum Gasteiger partial charge on any atom is -0.397 e. The van der Waals surface area contributed by atoms with E-state index in [0.717, 1.165) is 20.2 Å². The summed E-state index contributed by atoms with van der Waals surface area (Å²) in [5.41, 5.74) is 8.66. The lowest BCUT2D eigenvalue weighted by Crippen LogP contribution is -2.13. The quantitative estimate of drug-likeness (QED) is 0.426. The summed E-state index contributed by atoms with van der Waals surface area (Å²) in [6, 6.07) is 16.9. The van der Waals surface area contributed by atoms with E-state index in [1.165, 1.54) is 11.3 Å². The van der Waals surface area contributed by atoms with E-state index in [2.05, 4.69) is 5.32 Å². The van der Waals surface area contributed by atoms with E-state index in [9.17, 15) is 9.90 Å². The first-order chi connectivity index (χ1) is 12.5. The van der Waals surface area contributed by atoms with Gasteiger partial charge in [-0.05, 0) is 67.3 Å². The average Bonchev–Trinajstić information content (AvgIpc) is 3.14. The van der Waals surface area contributed by atoms with Crippen LogP contribution in [0.1, 0.15) is 28.3 Å². The summed E-state index contributed by atoms with van der Waals surface area (Å²) in [5, 5.41) is 12.6. The predicted octanol–water partition coefficient (Wildman–Crippen LogP) is 5.02. The van der Waals surface area contributed by atoms with Crippen LogP contribution in [0.25, 0.3) is 10.4 Å². The lowest BCUT2D eigenvalue weighted by molar-refractivity contribution is 0.102. The highest BCUT2D eigenvalue weighted by Gasteiger charge is 2.12. The third-order valence-corrected chi connectivity index (χ3v) is 6.02. The molecule has 1 atom stereocenters. The number of nitrogen functional groups attached to an aromatic ring is 1. The number of thiophene rings is 1. The molecule has 1 amide bonds. The zero-order valence-corrected chi connectivity index (χ0v) is 16.2. The maximum Gasteiger partial charge on any atom is 0.255 e. The molecule has 6 heteroatoms. The highest BCUT2D eigenvalue weighted by atomic mass is 32.2. The first kappa shape index (κ1) is 18.5. The molecule has 3 rings (SSSR count). The number of rotatable bonds is 5. The number of nitrogens with one attached hydrogen (secondary N) is 1. The van der Waals surface area contributed by atoms with Crippen molar-refractivity contribution in [3.63, 3.8) is 0 Å². The van der Waals surface area contributed by atoms with Crippen molar-refractivity contribution in [3.8, 4) is 10.4 Å². The Kier molecular flexibility index (Phi) is 5.66. The summed E-state index contributed by atoms with van der Waals surface area (Å²) in [6.45, 7) is 1.74. The van der Waals surface area contributed by atoms with E-state index >= 15 is 0 Å². The summed E-state index contributed by atoms with van der Waals surface area (Å²) in [7, 11) is 0. The van der Waals surface area contributed by atoms with Crippen molar-refractivity contribution < 1.29 is 9.90 Å². The monoisotopic (exact) mass is 384 g/mol. The maximum absolute atomic E-state index is 12.5. The molecular formula is C20H20N2O2S2. The van der Waals surface area contributed by atoms with Gasteiger partial charge in [0.2, 0.25) is 0 Å². The highest BCUT2D eigenvalue weighted by molar-refractivity contribution is 7.98. The van der Waals surface area contributed by atoms with E-state index in [-0.39, 0.29) is 5.91 Å². The number of carbonyl (C=O) groups is 1. The second-order valence-electron chi connectivity index (χ2n) is 5.86. The summed E-state index contributed by atoms with van der Waals surface area (Å²) < 4.78 is 0. The lowest BCUT2D eigenvalue weighted by atomic mass is 10.1. The molecule has 0 saturated heterocycles. The van der Waals surface area contributed by atoms with Crippen LogP contribution in [-0.2, 0) is 0 Å². The summed E-state index contributed by atoms with van der Waals surface area (Å²) >= 11 is 3.15. The van der Waals surface area contributed by atoms with Gasteiger partial charge in [0.15, 0.2) is 0 Å². The van der Waals surface area contributed by atoms with Gasteiger partial charge in [-0.25, -0.2) is 0 Å². The Balaban J connectivity index is 1.83. The van der Waals surface area contributed by atoms with Crippen LogP contribution in [0.5, 0.6) is 0 Å². The molecule has 4 N–H and O–H groups in total. The molecular weight excluding hydrogens is 364 g/mol. The van der Waals surface area contributed by atoms with Gasteiger partial charge in [-0.3, -0.25) is 4.79 Å². The third kappa shape index (κ3) is 4.09. The molecule has 134 valence electrons. The first-order valence-corrected chi connectivity index (χ1v) is 10.1. The highest BCUT2D eigenvalue weighted by Crippen LogP contribution is 2.34. The fourth-order valence-corrected chi connectivity index (χ4v) is 3.84. The fraction of sp³-hybridized carbons (Fsp3) is 0.150. The summed E-state index contributed by atoms with van der Waals surface area (Å²) in [6.07, 6.45) is 1.50. The molecule has 0 aliphatic heterocycles. The molecule has 4 nitrogen and oxygen atoms in total. The lowest BCUT2D eigenvalue weighted by Gasteiger charge is -2.10. The van der Waals surface area contributed by atoms with Crippen molar-refractivity contribution in [1.29, 1.82) is 0 Å². The Labute approximate surface area is 161 Å². The molecule has 2 aromatic carbocycles. The van der Waals surface area contributed by atoms with Crippen LogP contribution in [0.4, 0.5) is 11.4 Å². The van der Waals surface area contributed by atoms with Crippen LogP contribution < -0.4 is 11.1 Å². The molecule has 26 heavy (non-hydrogen) atoms. The normalized spacial score (nSPS) is 12.0. The average molecular weight is 385 g/mol. The van der Waals surface area contributed by atoms with Crippen LogP contribution in [0, 0.1) is 0 Å². The standard InChI is InChI=1S/C20H20N2O2S2/c1-12(23)18-9-10-19(26-18)14-5-8-16(21)17(11-14)22-20(24)13-3-6-15(25-2)7-4-13/h3-12,23H,21H2,1-2H3,(H,22,24). The molecule has 0 fully saturated rings. The maximum atomic E-state index is 12.5. The smallest absolute Gasteiger partial charge is 0.255 e. The molecule has 0 bridgehead atoms. The molecule has 1 unspecified atom stereocenters. The van der Waals surface area contributed by atoms with Crippen molar-refractivity contribution in [2.75, 3.05) is 17.3 Å². The third-order valence-electron chi connectivity index (χ3n) is 3.98. The summed E-state index contributed by atoms with van der Waals surface area (Å²) in [5.74, 6) is -0.197. The van der Waals surface area contributed by atoms with Gasteiger partial charge in [-0.2, -0.15) is 0 Å². The Bertz CT molecular complexity index is 918. The van der Waals surface area contributed by atoms with Crippen molar-refractivity contribution in [2.24, 2.45) is 0 Å². The van der Waals surface area contributed by atoms with Gasteiger partial charge in [0.1, 0.15) is 0 Å². The van der Waals surface area contributed by atoms with Gasteiger partial charge in [-0.1, -0.05) is 6.07 Å². The van der Waals surface area contributed by atoms with Crippen molar-refractivity contribution in [2.45, 2.75) is 17.9 Å². The number of thioether (sulfide) groups is 1. The van der Waals surface area contributed by atoms with Crippen molar-refractivity contribution in [1.82, 2.24) is 0 Å². The predicted molar refractivity (Wildman–Crippen MR) is 111 cm³/mol. The molecule has 0 radical (unpaired) electrons. The van der Waals surface area contributed by atoms with Crippen LogP contribution >= 0.6 is 23.1 Å². The van der Waals surface area contributed by atoms with Crippen LogP contribution in [0.15, 0.2) is 59.5 Å². The minimum absolute atomic E-state index is 0.197. The van der Waals surface area contributed by atoms with E-state index in [1.807, 2.05) is 42.7 Å². The Morgan fingerprint density at radius 3 is 2.50 bits per heavy atom. The number of amides is 1. The van der Waals surface area contributed by atoms with Crippen molar-refractivity contribution in [3.05, 3.63) is 65.0 Å². The van der Waals surface area contributed by atoms with Crippen molar-refractivity contribution >= 4 is 40.4 Å². The zero-order chi connectivity index (χ0) is 18.7. The zero-order valence-electron chi connectivity index (χ0n) is 14.5. The van der Waals surface area contributed by atoms with Crippen LogP contribution in [-0.4, -0.2) is 17.3 Å². The molecule has 0 spiro atoms. The molecule has 0 aliphatic carbocycles. The molecule has 0 saturated carbocycles. The largest absolute Gasteiger partial charge is 0.397 e. The fourth-order valence-electron chi connectivity index (χ4n) is 2.49. The van der Waals surface area contributed by atoms with Gasteiger partial charge >= 0.3 is 0 Å². The number of anilines is 2. The van der Waals surface area contributed by atoms with E-state index in [4.69, 9.17) is 5.73 Å². The summed E-state index contributed by atoms with van der Waals surface area (Å²) in [4.78, 5) is 15.5. The number of aliphatic hydroxyl groups is 1. The van der Waals surface area contributed by atoms with Gasteiger partial charge < -0.3 is 16.2 Å². The van der Waals surface area contributed by atoms with Gasteiger partial charge in [0, 0.05) is 20.2 Å². The van der Waals surface area contributed by atoms with Gasteiger partial charge in [0.05, 0.1) is 17.5 Å². The number of hydrogen-bond acceptors (Lipinski definition) is 5. The van der Waals surface area contributed by atoms with E-state index in [1.54, 1.807) is 36.9 Å². The number of hydrogen-bond donors (Lipinski definition) is 3. The Morgan fingerprint density at radius 1 is 1.15 bits per heavy atom. The second kappa shape index (κ2) is 7.95. The van der Waals surface area contributed by atoms with Gasteiger partial charge in [0.25, 0.3) is 5.91 Å². The van der Waals surface area contributed by atoms with E-state index < -0.39 is 6.10 Å². The number of benzene rings is 2. The van der Waals surface area contributed by atoms with Crippen LogP contribution in [0.2, 0.25) is 0 Å². The topological polar surface area (TPSA) is 75.3 Å². The molecule has 1 aromatic heterocycles. The molecule has 3 aromatic rings. The number of carbonyl (C=O) groups excluding carboxylic acids is 1. The van der Waals surface area contributed by atoms with Gasteiger partial charge in [-0.15, -0.1) is 23.1 Å². The second-order valence-corrected chi connectivity index (χ2v) is 7.86. The molecule has 1 heterocycles. The first-order valence-electron chi connectivity index (χ1n) is 8.11. The Hall–Kier alpha value is -2.28. The minimum atomic E-state index is -0.494. The van der Waals surface area contributed by atoms with E-state index in [0.29, 0.717) is 16.9 Å². The number of nitrogens with two attached hydrogens (primary N) is 1. The number of aliphatic hydroxyl groups excluding tert-OH is 1. The molecule has 0 aliphatic rings. The SMILES string of the molecule is CSc1ccc(C(=O)Nc2cc(-c3ccc(C(C)O)s3)ccc2N)cc1. The van der Waals surface area contributed by atoms with Crippen LogP contribution in [0.3, 0.4) is 0 Å². The Morgan fingerprint density at radius 2 is 1.88 bits per heavy atom.